The van der Waals surface area contributed by atoms with Gasteiger partial charge in [-0.05, 0) is 72.3 Å². The number of nitrogens with one attached hydrogen (secondary N) is 2. The van der Waals surface area contributed by atoms with Crippen molar-refractivity contribution in [2.45, 2.75) is 37.8 Å². The standard InChI is InChI=1S/C18H18N2O2S/c1-10-5-12-8-16(22-15(12)6-11(10)2)18(21)20-14-3-4-17-13(7-14)9-19-23-17/h3-7,16,19H,8-9H2,1-2H3,(H,20,21)/t16-/m1/s1. The zero-order valence-electron chi connectivity index (χ0n) is 13.1. The molecule has 0 spiro atoms. The van der Waals surface area contributed by atoms with E-state index in [0.717, 1.165) is 23.5 Å². The van der Waals surface area contributed by atoms with Gasteiger partial charge in [-0.2, -0.15) is 0 Å². The lowest BCUT2D eigenvalue weighted by Crippen LogP contribution is -2.31. The zero-order valence-corrected chi connectivity index (χ0v) is 13.9. The minimum absolute atomic E-state index is 0.0879. The van der Waals surface area contributed by atoms with E-state index in [1.54, 1.807) is 11.9 Å². The molecule has 4 rings (SSSR count). The van der Waals surface area contributed by atoms with Crippen molar-refractivity contribution in [1.29, 1.82) is 0 Å². The summed E-state index contributed by atoms with van der Waals surface area (Å²) in [5.74, 6) is 0.748. The van der Waals surface area contributed by atoms with Gasteiger partial charge in [-0.1, -0.05) is 6.07 Å². The molecule has 0 bridgehead atoms. The van der Waals surface area contributed by atoms with Gasteiger partial charge < -0.3 is 10.1 Å². The summed E-state index contributed by atoms with van der Waals surface area (Å²) < 4.78 is 9.07. The molecule has 5 heteroatoms. The van der Waals surface area contributed by atoms with Crippen LogP contribution in [0.4, 0.5) is 5.69 Å². The third kappa shape index (κ3) is 2.71. The maximum absolute atomic E-state index is 12.5. The normalized spacial score (nSPS) is 18.3. The van der Waals surface area contributed by atoms with Crippen LogP contribution in [-0.2, 0) is 17.8 Å². The fourth-order valence-electron chi connectivity index (χ4n) is 2.97. The fraction of sp³-hybridized carbons (Fsp3) is 0.278. The lowest BCUT2D eigenvalue weighted by Gasteiger charge is -2.12. The van der Waals surface area contributed by atoms with Crippen LogP contribution in [0.1, 0.15) is 22.3 Å². The van der Waals surface area contributed by atoms with Crippen LogP contribution in [0.25, 0.3) is 0 Å². The van der Waals surface area contributed by atoms with Crippen LogP contribution in [0.2, 0.25) is 0 Å². The highest BCUT2D eigenvalue weighted by Crippen LogP contribution is 2.33. The van der Waals surface area contributed by atoms with Crippen LogP contribution in [0.5, 0.6) is 5.75 Å². The summed E-state index contributed by atoms with van der Waals surface area (Å²) in [6, 6.07) is 10.1. The third-order valence-electron chi connectivity index (χ3n) is 4.42. The minimum atomic E-state index is -0.452. The molecule has 4 nitrogen and oxygen atoms in total. The van der Waals surface area contributed by atoms with E-state index < -0.39 is 6.10 Å². The number of carbonyl (C=O) groups is 1. The first-order valence-electron chi connectivity index (χ1n) is 7.70. The molecule has 2 N–H and O–H groups in total. The van der Waals surface area contributed by atoms with E-state index in [1.165, 1.54) is 21.6 Å². The summed E-state index contributed by atoms with van der Waals surface area (Å²) in [6.45, 7) is 4.97. The maximum atomic E-state index is 12.5. The van der Waals surface area contributed by atoms with Gasteiger partial charge in [-0.25, -0.2) is 0 Å². The molecule has 1 amide bonds. The number of benzene rings is 2. The number of anilines is 1. The van der Waals surface area contributed by atoms with E-state index in [4.69, 9.17) is 4.74 Å². The van der Waals surface area contributed by atoms with Crippen LogP contribution in [-0.4, -0.2) is 12.0 Å². The smallest absolute Gasteiger partial charge is 0.265 e. The Bertz CT molecular complexity index is 773. The number of carbonyl (C=O) groups excluding carboxylic acids is 1. The number of amides is 1. The average Bonchev–Trinajstić information content (AvgIpc) is 3.13. The summed E-state index contributed by atoms with van der Waals surface area (Å²) in [4.78, 5) is 13.7. The van der Waals surface area contributed by atoms with Gasteiger partial charge in [0.05, 0.1) is 0 Å². The van der Waals surface area contributed by atoms with E-state index >= 15 is 0 Å². The van der Waals surface area contributed by atoms with Crippen molar-refractivity contribution in [3.63, 3.8) is 0 Å². The Kier molecular flexibility index (Phi) is 3.54. The number of fused-ring (bicyclic) bond motifs is 2. The van der Waals surface area contributed by atoms with Crippen LogP contribution < -0.4 is 14.8 Å². The second-order valence-electron chi connectivity index (χ2n) is 6.09. The van der Waals surface area contributed by atoms with Gasteiger partial charge in [0.1, 0.15) is 5.75 Å². The molecule has 0 aromatic heterocycles. The molecule has 0 radical (unpaired) electrons. The van der Waals surface area contributed by atoms with Crippen molar-refractivity contribution in [2.75, 3.05) is 5.32 Å². The van der Waals surface area contributed by atoms with Crippen molar-refractivity contribution < 1.29 is 9.53 Å². The number of hydrogen-bond acceptors (Lipinski definition) is 4. The van der Waals surface area contributed by atoms with E-state index in [0.29, 0.717) is 6.42 Å². The number of rotatable bonds is 2. The first-order chi connectivity index (χ1) is 11.1. The monoisotopic (exact) mass is 326 g/mol. The molecule has 0 saturated heterocycles. The topological polar surface area (TPSA) is 50.4 Å². The molecule has 118 valence electrons. The molecule has 0 fully saturated rings. The van der Waals surface area contributed by atoms with E-state index in [-0.39, 0.29) is 5.91 Å². The molecule has 0 saturated carbocycles. The maximum Gasteiger partial charge on any atom is 0.265 e. The van der Waals surface area contributed by atoms with E-state index in [9.17, 15) is 4.79 Å². The first-order valence-corrected chi connectivity index (χ1v) is 8.52. The Morgan fingerprint density at radius 3 is 2.91 bits per heavy atom. The highest BCUT2D eigenvalue weighted by molar-refractivity contribution is 7.97. The van der Waals surface area contributed by atoms with Crippen LogP contribution >= 0.6 is 11.9 Å². The highest BCUT2D eigenvalue weighted by Gasteiger charge is 2.29. The molecular formula is C18H18N2O2S. The van der Waals surface area contributed by atoms with Crippen molar-refractivity contribution in [2.24, 2.45) is 0 Å². The molecule has 0 aliphatic carbocycles. The van der Waals surface area contributed by atoms with E-state index in [1.807, 2.05) is 24.3 Å². The Labute approximate surface area is 139 Å². The molecule has 2 aromatic carbocycles. The second kappa shape index (κ2) is 5.58. The van der Waals surface area contributed by atoms with E-state index in [2.05, 4.69) is 30.0 Å². The predicted octanol–water partition coefficient (Wildman–Crippen LogP) is 3.36. The van der Waals surface area contributed by atoms with Gasteiger partial charge in [0, 0.05) is 23.5 Å². The van der Waals surface area contributed by atoms with Crippen molar-refractivity contribution in [3.05, 3.63) is 52.6 Å². The number of aryl methyl sites for hydroxylation is 2. The van der Waals surface area contributed by atoms with Gasteiger partial charge >= 0.3 is 0 Å². The van der Waals surface area contributed by atoms with Crippen LogP contribution in [0.15, 0.2) is 35.2 Å². The molecule has 2 aliphatic rings. The van der Waals surface area contributed by atoms with Gasteiger partial charge in [0.25, 0.3) is 5.91 Å². The molecule has 0 unspecified atom stereocenters. The van der Waals surface area contributed by atoms with Crippen molar-refractivity contribution in [3.8, 4) is 5.75 Å². The van der Waals surface area contributed by atoms with Gasteiger partial charge in [-0.3, -0.25) is 9.52 Å². The van der Waals surface area contributed by atoms with Gasteiger partial charge in [-0.15, -0.1) is 0 Å². The Hall–Kier alpha value is -1.98. The zero-order chi connectivity index (χ0) is 16.0. The lowest BCUT2D eigenvalue weighted by molar-refractivity contribution is -0.122. The summed E-state index contributed by atoms with van der Waals surface area (Å²) in [7, 11) is 0. The molecule has 23 heavy (non-hydrogen) atoms. The fourth-order valence-corrected chi connectivity index (χ4v) is 3.75. The molecular weight excluding hydrogens is 308 g/mol. The SMILES string of the molecule is Cc1cc2c(cc1C)O[C@@H](C(=O)Nc1ccc3c(c1)CNS3)C2. The summed E-state index contributed by atoms with van der Waals surface area (Å²) in [5.41, 5.74) is 5.58. The molecule has 2 aromatic rings. The van der Waals surface area contributed by atoms with Crippen molar-refractivity contribution >= 4 is 23.5 Å². The molecule has 2 heterocycles. The Morgan fingerprint density at radius 2 is 2.04 bits per heavy atom. The molecule has 1 atom stereocenters. The van der Waals surface area contributed by atoms with Gasteiger partial charge in [0.15, 0.2) is 6.10 Å². The second-order valence-corrected chi connectivity index (χ2v) is 7.02. The van der Waals surface area contributed by atoms with Crippen LogP contribution in [0, 0.1) is 13.8 Å². The molecule has 2 aliphatic heterocycles. The first kappa shape index (κ1) is 14.6. The minimum Gasteiger partial charge on any atom is -0.480 e. The van der Waals surface area contributed by atoms with Gasteiger partial charge in [0.2, 0.25) is 0 Å². The van der Waals surface area contributed by atoms with Crippen LogP contribution in [0.3, 0.4) is 0 Å². The van der Waals surface area contributed by atoms with Crippen molar-refractivity contribution in [1.82, 2.24) is 4.72 Å². The Morgan fingerprint density at radius 1 is 1.22 bits per heavy atom. The average molecular weight is 326 g/mol. The summed E-state index contributed by atoms with van der Waals surface area (Å²) in [6.07, 6.45) is 0.178. The summed E-state index contributed by atoms with van der Waals surface area (Å²) in [5, 5.41) is 2.98. The highest BCUT2D eigenvalue weighted by atomic mass is 32.2. The number of hydrogen-bond donors (Lipinski definition) is 2. The quantitative estimate of drug-likeness (QED) is 0.831. The third-order valence-corrected chi connectivity index (χ3v) is 5.32. The number of ether oxygens (including phenoxy) is 1. The Balaban J connectivity index is 1.48. The summed E-state index contributed by atoms with van der Waals surface area (Å²) >= 11 is 1.63. The largest absolute Gasteiger partial charge is 0.480 e. The predicted molar refractivity (Wildman–Crippen MR) is 91.8 cm³/mol. The lowest BCUT2D eigenvalue weighted by atomic mass is 10.0.